The van der Waals surface area contributed by atoms with Gasteiger partial charge >= 0.3 is 0 Å². The summed E-state index contributed by atoms with van der Waals surface area (Å²) < 4.78 is 33.7. The highest BCUT2D eigenvalue weighted by atomic mass is 32.2. The Morgan fingerprint density at radius 2 is 1.88 bits per heavy atom. The lowest BCUT2D eigenvalue weighted by Gasteiger charge is -2.40. The van der Waals surface area contributed by atoms with Gasteiger partial charge in [0.2, 0.25) is 0 Å². The second kappa shape index (κ2) is 8.18. The van der Waals surface area contributed by atoms with Crippen LogP contribution in [0.25, 0.3) is 0 Å². The van der Waals surface area contributed by atoms with Gasteiger partial charge in [0.05, 0.1) is 18.9 Å². The molecule has 0 amide bonds. The summed E-state index contributed by atoms with van der Waals surface area (Å²) in [5.74, 6) is 0.159. The van der Waals surface area contributed by atoms with Gasteiger partial charge in [0.1, 0.15) is 0 Å². The van der Waals surface area contributed by atoms with Gasteiger partial charge < -0.3 is 9.64 Å². The lowest BCUT2D eigenvalue weighted by Crippen LogP contribution is -2.47. The molecule has 2 saturated heterocycles. The summed E-state index contributed by atoms with van der Waals surface area (Å²) in [6.07, 6.45) is 3.30. The van der Waals surface area contributed by atoms with Gasteiger partial charge in [0.15, 0.2) is 14.0 Å². The van der Waals surface area contributed by atoms with Crippen molar-refractivity contribution in [2.75, 3.05) is 58.7 Å². The molecular weight excluding hydrogens is 372 g/mol. The topological polar surface area (TPSA) is 75.6 Å². The molecule has 0 bridgehead atoms. The highest BCUT2D eigenvalue weighted by Crippen LogP contribution is 2.33. The summed E-state index contributed by atoms with van der Waals surface area (Å²) >= 11 is 1.00. The maximum Gasteiger partial charge on any atom is 0.188 e. The summed E-state index contributed by atoms with van der Waals surface area (Å²) in [6.45, 7) is 12.3. The number of likely N-dealkylation sites (tertiary alicyclic amines) is 1. The van der Waals surface area contributed by atoms with Crippen LogP contribution in [-0.2, 0) is 14.6 Å². The number of piperidine rings is 1. The van der Waals surface area contributed by atoms with E-state index in [9.17, 15) is 8.42 Å². The number of ether oxygens (including phenoxy) is 1. The highest BCUT2D eigenvalue weighted by Gasteiger charge is 2.32. The summed E-state index contributed by atoms with van der Waals surface area (Å²) in [5.41, 5.74) is 0.854. The largest absolute Gasteiger partial charge is 0.379 e. The van der Waals surface area contributed by atoms with E-state index in [4.69, 9.17) is 4.74 Å². The van der Waals surface area contributed by atoms with Gasteiger partial charge in [-0.05, 0) is 24.8 Å². The van der Waals surface area contributed by atoms with Crippen molar-refractivity contribution in [1.29, 1.82) is 0 Å². The Labute approximate surface area is 160 Å². The molecule has 0 unspecified atom stereocenters. The van der Waals surface area contributed by atoms with Crippen LogP contribution in [0, 0.1) is 5.41 Å². The summed E-state index contributed by atoms with van der Waals surface area (Å²) in [5, 5.41) is 4.17. The number of aromatic nitrogens is 2. The normalized spacial score (nSPS) is 24.0. The fourth-order valence-electron chi connectivity index (χ4n) is 4.14. The first-order valence-corrected chi connectivity index (χ1v) is 12.0. The Morgan fingerprint density at radius 3 is 2.58 bits per heavy atom. The molecule has 0 spiro atoms. The molecule has 7 nitrogen and oxygen atoms in total. The SMILES string of the molecule is CC(C)(CN1CCOCC1)CN1CCC[C@H](c2nnsc2S(C)(=O)=O)C1. The first kappa shape index (κ1) is 20.1. The van der Waals surface area contributed by atoms with Gasteiger partial charge in [-0.1, -0.05) is 18.3 Å². The lowest BCUT2D eigenvalue weighted by molar-refractivity contribution is 0.0132. The van der Waals surface area contributed by atoms with E-state index in [0.717, 1.165) is 76.9 Å². The van der Waals surface area contributed by atoms with Crippen LogP contribution in [0.15, 0.2) is 4.21 Å². The zero-order valence-corrected chi connectivity index (χ0v) is 17.6. The molecule has 1 atom stereocenters. The van der Waals surface area contributed by atoms with Crippen LogP contribution in [-0.4, -0.2) is 86.5 Å². The van der Waals surface area contributed by atoms with E-state index >= 15 is 0 Å². The predicted molar refractivity (Wildman–Crippen MR) is 102 cm³/mol. The van der Waals surface area contributed by atoms with Crippen molar-refractivity contribution in [2.24, 2.45) is 5.41 Å². The van der Waals surface area contributed by atoms with Crippen molar-refractivity contribution < 1.29 is 13.2 Å². The number of sulfone groups is 1. The lowest BCUT2D eigenvalue weighted by atomic mass is 9.88. The van der Waals surface area contributed by atoms with Crippen LogP contribution >= 0.6 is 11.5 Å². The van der Waals surface area contributed by atoms with Crippen LogP contribution in [0.4, 0.5) is 0 Å². The third kappa shape index (κ3) is 5.22. The number of hydrogen-bond donors (Lipinski definition) is 0. The zero-order valence-electron chi connectivity index (χ0n) is 16.0. The van der Waals surface area contributed by atoms with Gasteiger partial charge in [0, 0.05) is 56.4 Å². The summed E-state index contributed by atoms with van der Waals surface area (Å²) in [4.78, 5) is 4.96. The molecule has 0 radical (unpaired) electrons. The van der Waals surface area contributed by atoms with Gasteiger partial charge in [-0.15, -0.1) is 5.10 Å². The van der Waals surface area contributed by atoms with Crippen molar-refractivity contribution >= 4 is 21.4 Å². The van der Waals surface area contributed by atoms with Crippen molar-refractivity contribution in [3.05, 3.63) is 5.69 Å². The Bertz CT molecular complexity index is 699. The van der Waals surface area contributed by atoms with Crippen molar-refractivity contribution in [2.45, 2.75) is 36.8 Å². The molecule has 0 saturated carbocycles. The minimum atomic E-state index is -3.25. The molecule has 1 aromatic heterocycles. The highest BCUT2D eigenvalue weighted by molar-refractivity contribution is 7.92. The first-order chi connectivity index (χ1) is 12.2. The Hall–Kier alpha value is -0.610. The molecule has 2 aliphatic rings. The summed E-state index contributed by atoms with van der Waals surface area (Å²) in [7, 11) is -3.25. The average Bonchev–Trinajstić information content (AvgIpc) is 3.05. The summed E-state index contributed by atoms with van der Waals surface area (Å²) in [6, 6.07) is 0. The molecule has 2 aliphatic heterocycles. The van der Waals surface area contributed by atoms with E-state index in [1.165, 1.54) is 6.26 Å². The van der Waals surface area contributed by atoms with Crippen LogP contribution in [0.3, 0.4) is 0 Å². The smallest absolute Gasteiger partial charge is 0.188 e. The van der Waals surface area contributed by atoms with E-state index in [1.54, 1.807) is 0 Å². The molecule has 0 aliphatic carbocycles. The van der Waals surface area contributed by atoms with Gasteiger partial charge in [0.25, 0.3) is 0 Å². The third-order valence-corrected chi connectivity index (χ3v) is 7.67. The maximum absolute atomic E-state index is 12.0. The van der Waals surface area contributed by atoms with Crippen molar-refractivity contribution in [3.8, 4) is 0 Å². The van der Waals surface area contributed by atoms with Gasteiger partial charge in [-0.3, -0.25) is 4.90 Å². The first-order valence-electron chi connectivity index (χ1n) is 9.29. The van der Waals surface area contributed by atoms with E-state index in [1.807, 2.05) is 0 Å². The Kier molecular flexibility index (Phi) is 6.33. The van der Waals surface area contributed by atoms with Crippen LogP contribution in [0.1, 0.15) is 38.3 Å². The zero-order chi connectivity index (χ0) is 18.8. The molecule has 2 fully saturated rings. The molecular formula is C17H30N4O3S2. The molecule has 3 rings (SSSR count). The van der Waals surface area contributed by atoms with Gasteiger partial charge in [-0.2, -0.15) is 0 Å². The second-order valence-corrected chi connectivity index (χ2v) is 11.3. The van der Waals surface area contributed by atoms with Crippen LogP contribution < -0.4 is 0 Å². The minimum absolute atomic E-state index is 0.159. The van der Waals surface area contributed by atoms with E-state index in [2.05, 4.69) is 33.2 Å². The van der Waals surface area contributed by atoms with Gasteiger partial charge in [-0.25, -0.2) is 8.42 Å². The van der Waals surface area contributed by atoms with Crippen molar-refractivity contribution in [3.63, 3.8) is 0 Å². The molecule has 9 heteroatoms. The second-order valence-electron chi connectivity index (χ2n) is 8.34. The molecule has 3 heterocycles. The fourth-order valence-corrected chi connectivity index (χ4v) is 5.87. The fraction of sp³-hybridized carbons (Fsp3) is 0.882. The molecule has 148 valence electrons. The van der Waals surface area contributed by atoms with Crippen LogP contribution in [0.2, 0.25) is 0 Å². The molecule has 0 N–H and O–H groups in total. The molecule has 26 heavy (non-hydrogen) atoms. The van der Waals surface area contributed by atoms with Crippen molar-refractivity contribution in [1.82, 2.24) is 19.4 Å². The molecule has 1 aromatic rings. The standard InChI is InChI=1S/C17H30N4O3S2/c1-17(2,12-20-7-9-24-10-8-20)13-21-6-4-5-14(11-21)15-16(25-19-18-15)26(3,22)23/h14H,4-13H2,1-3H3/t14-/m0/s1. The predicted octanol–water partition coefficient (Wildman–Crippen LogP) is 1.48. The minimum Gasteiger partial charge on any atom is -0.379 e. The quantitative estimate of drug-likeness (QED) is 0.713. The number of nitrogens with zero attached hydrogens (tertiary/aromatic N) is 4. The average molecular weight is 403 g/mol. The number of hydrogen-bond acceptors (Lipinski definition) is 8. The van der Waals surface area contributed by atoms with E-state index in [-0.39, 0.29) is 11.3 Å². The monoisotopic (exact) mass is 402 g/mol. The van der Waals surface area contributed by atoms with E-state index in [0.29, 0.717) is 9.90 Å². The number of rotatable bonds is 6. The third-order valence-electron chi connectivity index (χ3n) is 5.12. The maximum atomic E-state index is 12.0. The molecule has 0 aromatic carbocycles. The Morgan fingerprint density at radius 1 is 1.19 bits per heavy atom. The van der Waals surface area contributed by atoms with Crippen LogP contribution in [0.5, 0.6) is 0 Å². The number of morpholine rings is 1. The van der Waals surface area contributed by atoms with E-state index < -0.39 is 9.84 Å². The Balaban J connectivity index is 1.62.